The van der Waals surface area contributed by atoms with Crippen molar-refractivity contribution < 1.29 is 0 Å². The summed E-state index contributed by atoms with van der Waals surface area (Å²) >= 11 is 0. The molecule has 2 aliphatic heterocycles. The van der Waals surface area contributed by atoms with Crippen LogP contribution in [0.3, 0.4) is 0 Å². The number of aromatic nitrogens is 3. The Hall–Kier alpha value is -2.73. The minimum absolute atomic E-state index is 0.0385. The van der Waals surface area contributed by atoms with E-state index in [4.69, 9.17) is 4.98 Å². The average Bonchev–Trinajstić information content (AvgIpc) is 2.87. The normalized spacial score (nSPS) is 33.9. The van der Waals surface area contributed by atoms with Gasteiger partial charge in [-0.05, 0) is 93.7 Å². The summed E-state index contributed by atoms with van der Waals surface area (Å²) in [5.41, 5.74) is 2.65. The van der Waals surface area contributed by atoms with Gasteiger partial charge < -0.3 is 9.55 Å². The van der Waals surface area contributed by atoms with Crippen LogP contribution in [0.25, 0.3) is 22.3 Å². The predicted molar refractivity (Wildman–Crippen MR) is 147 cm³/mol. The summed E-state index contributed by atoms with van der Waals surface area (Å²) in [5.74, 6) is 2.73. The molecular formula is C31H38N4O2. The van der Waals surface area contributed by atoms with Crippen molar-refractivity contribution >= 4 is 11.0 Å². The molecule has 6 nitrogen and oxygen atoms in total. The number of hydrogen-bond acceptors (Lipinski definition) is 4. The van der Waals surface area contributed by atoms with Crippen LogP contribution in [0.1, 0.15) is 77.2 Å². The van der Waals surface area contributed by atoms with Gasteiger partial charge in [0.25, 0.3) is 5.56 Å². The average molecular weight is 499 g/mol. The summed E-state index contributed by atoms with van der Waals surface area (Å²) in [5, 5.41) is 0. The number of fused-ring (bicyclic) bond motifs is 5. The number of rotatable bonds is 3. The van der Waals surface area contributed by atoms with E-state index in [0.29, 0.717) is 23.3 Å². The number of nitrogens with one attached hydrogen (secondary N) is 1. The van der Waals surface area contributed by atoms with Gasteiger partial charge in [0.2, 0.25) is 5.56 Å². The number of para-hydroxylation sites is 2. The highest BCUT2D eigenvalue weighted by molar-refractivity contribution is 5.77. The van der Waals surface area contributed by atoms with Crippen molar-refractivity contribution in [3.05, 3.63) is 63.3 Å². The first kappa shape index (κ1) is 23.4. The zero-order valence-corrected chi connectivity index (χ0v) is 21.8. The summed E-state index contributed by atoms with van der Waals surface area (Å²) in [6.07, 6.45) is 14.6. The fourth-order valence-electron chi connectivity index (χ4n) is 8.85. The molecule has 2 aliphatic carbocycles. The Kier molecular flexibility index (Phi) is 5.83. The number of benzene rings is 1. The van der Waals surface area contributed by atoms with E-state index in [-0.39, 0.29) is 17.2 Å². The molecule has 194 valence electrons. The molecule has 37 heavy (non-hydrogen) atoms. The molecule has 6 heteroatoms. The second kappa shape index (κ2) is 9.23. The molecule has 3 aromatic rings. The van der Waals surface area contributed by atoms with Gasteiger partial charge in [-0.15, -0.1) is 0 Å². The zero-order valence-electron chi connectivity index (χ0n) is 21.8. The SMILES string of the molecule is CC1C[C@@H]2CC(N3[C@@H]4CCC[C@H]3CC(n3c(=O)c(-c5ccc(=O)[nH]c5)nc5ccccc53)C4)C[C@H](C1)C2. The van der Waals surface area contributed by atoms with Gasteiger partial charge >= 0.3 is 0 Å². The first-order chi connectivity index (χ1) is 18.0. The number of aromatic amines is 1. The number of H-pyrrole nitrogens is 1. The highest BCUT2D eigenvalue weighted by atomic mass is 16.1. The maximum atomic E-state index is 14.0. The van der Waals surface area contributed by atoms with E-state index in [9.17, 15) is 9.59 Å². The van der Waals surface area contributed by atoms with Gasteiger partial charge in [0, 0.05) is 42.0 Å². The smallest absolute Gasteiger partial charge is 0.277 e. The Balaban J connectivity index is 1.24. The van der Waals surface area contributed by atoms with E-state index in [1.807, 2.05) is 24.3 Å². The van der Waals surface area contributed by atoms with Crippen LogP contribution in [-0.4, -0.2) is 37.6 Å². The Bertz CT molecular complexity index is 1370. The van der Waals surface area contributed by atoms with E-state index in [0.717, 1.165) is 47.7 Å². The van der Waals surface area contributed by atoms with Crippen molar-refractivity contribution in [2.24, 2.45) is 17.8 Å². The van der Waals surface area contributed by atoms with Gasteiger partial charge in [-0.2, -0.15) is 0 Å². The Morgan fingerprint density at radius 1 is 0.811 bits per heavy atom. The van der Waals surface area contributed by atoms with Crippen LogP contribution in [0.15, 0.2) is 52.2 Å². The van der Waals surface area contributed by atoms with Gasteiger partial charge in [0.15, 0.2) is 0 Å². The summed E-state index contributed by atoms with van der Waals surface area (Å²) in [6.45, 7) is 2.46. The van der Waals surface area contributed by atoms with E-state index in [1.165, 1.54) is 57.4 Å². The number of pyridine rings is 1. The maximum Gasteiger partial charge on any atom is 0.277 e. The molecule has 2 saturated carbocycles. The summed E-state index contributed by atoms with van der Waals surface area (Å²) < 4.78 is 2.06. The summed E-state index contributed by atoms with van der Waals surface area (Å²) in [7, 11) is 0. The van der Waals surface area contributed by atoms with Gasteiger partial charge in [-0.25, -0.2) is 4.98 Å². The number of hydrogen-bond donors (Lipinski definition) is 1. The molecule has 0 spiro atoms. The summed E-state index contributed by atoms with van der Waals surface area (Å²) in [4.78, 5) is 36.1. The zero-order chi connectivity index (χ0) is 25.1. The molecule has 3 unspecified atom stereocenters. The molecule has 2 saturated heterocycles. The van der Waals surface area contributed by atoms with E-state index < -0.39 is 0 Å². The molecule has 1 aromatic carbocycles. The lowest BCUT2D eigenvalue weighted by molar-refractivity contribution is -0.0524. The topological polar surface area (TPSA) is 71.0 Å². The van der Waals surface area contributed by atoms with Crippen molar-refractivity contribution in [1.82, 2.24) is 19.4 Å². The van der Waals surface area contributed by atoms with Crippen LogP contribution in [0.2, 0.25) is 0 Å². The van der Waals surface area contributed by atoms with Crippen LogP contribution < -0.4 is 11.1 Å². The first-order valence-corrected chi connectivity index (χ1v) is 14.5. The third kappa shape index (κ3) is 4.18. The molecule has 4 aliphatic rings. The summed E-state index contributed by atoms with van der Waals surface area (Å²) in [6, 6.07) is 13.3. The lowest BCUT2D eigenvalue weighted by atomic mass is 9.65. The molecule has 7 atom stereocenters. The molecular weight excluding hydrogens is 460 g/mol. The minimum atomic E-state index is -0.175. The number of nitrogens with zero attached hydrogens (tertiary/aromatic N) is 3. The Morgan fingerprint density at radius 2 is 1.54 bits per heavy atom. The van der Waals surface area contributed by atoms with Crippen molar-refractivity contribution in [3.8, 4) is 11.3 Å². The molecule has 2 aromatic heterocycles. The molecule has 1 N–H and O–H groups in total. The van der Waals surface area contributed by atoms with Gasteiger partial charge in [0.05, 0.1) is 11.0 Å². The molecule has 7 rings (SSSR count). The number of piperidine rings is 2. The van der Waals surface area contributed by atoms with Gasteiger partial charge in [-0.3, -0.25) is 14.5 Å². The standard InChI is InChI=1S/C31H38N4O2/c1-19-11-20-13-21(12-19)15-25(14-20)34-23-5-4-6-24(34)17-26(16-23)35-28-8-3-2-7-27(28)33-30(31(35)37)22-9-10-29(36)32-18-22/h2-3,7-10,18-21,23-26H,4-6,11-17H2,1H3,(H,32,36)/t19?,20-,21+,23-,24+,25?,26?. The third-order valence-corrected chi connectivity index (χ3v) is 9.99. The van der Waals surface area contributed by atoms with Crippen molar-refractivity contribution in [1.29, 1.82) is 0 Å². The quantitative estimate of drug-likeness (QED) is 0.516. The highest BCUT2D eigenvalue weighted by Gasteiger charge is 2.46. The largest absolute Gasteiger partial charge is 0.328 e. The fraction of sp³-hybridized carbons (Fsp3) is 0.581. The van der Waals surface area contributed by atoms with Gasteiger partial charge in [-0.1, -0.05) is 25.5 Å². The second-order valence-electron chi connectivity index (χ2n) is 12.5. The van der Waals surface area contributed by atoms with Crippen LogP contribution in [0.5, 0.6) is 0 Å². The van der Waals surface area contributed by atoms with Crippen LogP contribution >= 0.6 is 0 Å². The fourth-order valence-corrected chi connectivity index (χ4v) is 8.85. The minimum Gasteiger partial charge on any atom is -0.328 e. The maximum absolute atomic E-state index is 14.0. The Morgan fingerprint density at radius 3 is 2.24 bits per heavy atom. The van der Waals surface area contributed by atoms with Crippen LogP contribution in [-0.2, 0) is 0 Å². The van der Waals surface area contributed by atoms with E-state index in [1.54, 1.807) is 12.3 Å². The highest BCUT2D eigenvalue weighted by Crippen LogP contribution is 2.48. The molecule has 4 heterocycles. The van der Waals surface area contributed by atoms with Crippen LogP contribution in [0.4, 0.5) is 0 Å². The van der Waals surface area contributed by atoms with E-state index in [2.05, 4.69) is 21.4 Å². The second-order valence-corrected chi connectivity index (χ2v) is 12.5. The van der Waals surface area contributed by atoms with Crippen molar-refractivity contribution in [2.45, 2.75) is 95.3 Å². The molecule has 0 radical (unpaired) electrons. The molecule has 0 amide bonds. The molecule has 4 fully saturated rings. The predicted octanol–water partition coefficient (Wildman–Crippen LogP) is 5.52. The monoisotopic (exact) mass is 498 g/mol. The molecule has 4 bridgehead atoms. The lowest BCUT2D eigenvalue weighted by Gasteiger charge is -2.55. The van der Waals surface area contributed by atoms with Crippen LogP contribution in [0, 0.1) is 17.8 Å². The third-order valence-electron chi connectivity index (χ3n) is 9.99. The first-order valence-electron chi connectivity index (χ1n) is 14.5. The Labute approximate surface area is 218 Å². The van der Waals surface area contributed by atoms with Crippen molar-refractivity contribution in [3.63, 3.8) is 0 Å². The lowest BCUT2D eigenvalue weighted by Crippen LogP contribution is -2.58. The van der Waals surface area contributed by atoms with E-state index >= 15 is 0 Å². The van der Waals surface area contributed by atoms with Gasteiger partial charge in [0.1, 0.15) is 5.69 Å². The van der Waals surface area contributed by atoms with Crippen molar-refractivity contribution in [2.75, 3.05) is 0 Å².